The van der Waals surface area contributed by atoms with Crippen LogP contribution >= 0.6 is 11.6 Å². The van der Waals surface area contributed by atoms with Crippen molar-refractivity contribution < 1.29 is 0 Å². The predicted molar refractivity (Wildman–Crippen MR) is 76.9 cm³/mol. The van der Waals surface area contributed by atoms with E-state index in [4.69, 9.17) is 17.3 Å². The Bertz CT molecular complexity index is 531. The molecular formula is C13H19ClN4. The highest BCUT2D eigenvalue weighted by atomic mass is 35.5. The van der Waals surface area contributed by atoms with Gasteiger partial charge in [-0.15, -0.1) is 0 Å². The summed E-state index contributed by atoms with van der Waals surface area (Å²) in [5.74, 6) is 0.555. The van der Waals surface area contributed by atoms with E-state index in [9.17, 15) is 0 Å². The van der Waals surface area contributed by atoms with Crippen LogP contribution in [0, 0.1) is 0 Å². The lowest BCUT2D eigenvalue weighted by Gasteiger charge is -2.18. The van der Waals surface area contributed by atoms with Crippen molar-refractivity contribution in [1.29, 1.82) is 0 Å². The number of halogens is 1. The van der Waals surface area contributed by atoms with Crippen molar-refractivity contribution >= 4 is 28.6 Å². The molecule has 0 unspecified atom stereocenters. The standard InChI is InChI=1S/C13H19ClN4/c1-3-17(4-2)7-8-18-12-6-5-10(14)9-11(12)16-13(18)15/h5-6,9H,3-4,7-8H2,1-2H3,(H2,15,16). The van der Waals surface area contributed by atoms with Crippen LogP contribution in [-0.4, -0.2) is 34.1 Å². The molecule has 0 saturated heterocycles. The minimum Gasteiger partial charge on any atom is -0.369 e. The molecule has 0 spiro atoms. The first kappa shape index (κ1) is 13.2. The van der Waals surface area contributed by atoms with Crippen molar-refractivity contribution in [2.75, 3.05) is 25.4 Å². The van der Waals surface area contributed by atoms with Gasteiger partial charge in [0.05, 0.1) is 11.0 Å². The van der Waals surface area contributed by atoms with Crippen LogP contribution in [-0.2, 0) is 6.54 Å². The van der Waals surface area contributed by atoms with Crippen LogP contribution in [0.15, 0.2) is 18.2 Å². The van der Waals surface area contributed by atoms with Gasteiger partial charge < -0.3 is 15.2 Å². The third-order valence-electron chi connectivity index (χ3n) is 3.27. The fourth-order valence-electron chi connectivity index (χ4n) is 2.14. The van der Waals surface area contributed by atoms with E-state index in [1.54, 1.807) is 0 Å². The van der Waals surface area contributed by atoms with Crippen LogP contribution in [0.5, 0.6) is 0 Å². The van der Waals surface area contributed by atoms with Crippen LogP contribution in [0.25, 0.3) is 11.0 Å². The Kier molecular flexibility index (Phi) is 4.09. The molecule has 2 N–H and O–H groups in total. The van der Waals surface area contributed by atoms with Gasteiger partial charge in [0.25, 0.3) is 0 Å². The Morgan fingerprint density at radius 1 is 1.33 bits per heavy atom. The topological polar surface area (TPSA) is 47.1 Å². The summed E-state index contributed by atoms with van der Waals surface area (Å²) in [6.45, 7) is 8.26. The van der Waals surface area contributed by atoms with Gasteiger partial charge in [0.1, 0.15) is 0 Å². The lowest BCUT2D eigenvalue weighted by atomic mass is 10.3. The van der Waals surface area contributed by atoms with E-state index in [-0.39, 0.29) is 0 Å². The first-order valence-electron chi connectivity index (χ1n) is 6.29. The number of fused-ring (bicyclic) bond motifs is 1. The van der Waals surface area contributed by atoms with Crippen LogP contribution in [0.2, 0.25) is 5.02 Å². The Morgan fingerprint density at radius 3 is 2.72 bits per heavy atom. The van der Waals surface area contributed by atoms with Gasteiger partial charge in [-0.3, -0.25) is 0 Å². The maximum absolute atomic E-state index is 5.96. The molecule has 0 amide bonds. The molecule has 0 aliphatic rings. The second-order valence-electron chi connectivity index (χ2n) is 4.28. The Labute approximate surface area is 112 Å². The quantitative estimate of drug-likeness (QED) is 0.905. The lowest BCUT2D eigenvalue weighted by molar-refractivity contribution is 0.292. The summed E-state index contributed by atoms with van der Waals surface area (Å²) < 4.78 is 2.05. The summed E-state index contributed by atoms with van der Waals surface area (Å²) in [7, 11) is 0. The number of nitrogen functional groups attached to an aromatic ring is 1. The van der Waals surface area contributed by atoms with Crippen molar-refractivity contribution in [2.24, 2.45) is 0 Å². The Hall–Kier alpha value is -1.26. The van der Waals surface area contributed by atoms with Gasteiger partial charge in [-0.2, -0.15) is 0 Å². The number of hydrogen-bond donors (Lipinski definition) is 1. The van der Waals surface area contributed by atoms with E-state index < -0.39 is 0 Å². The molecule has 1 aromatic heterocycles. The molecule has 2 aromatic rings. The molecule has 2 rings (SSSR count). The molecule has 1 aromatic carbocycles. The monoisotopic (exact) mass is 266 g/mol. The number of hydrogen-bond acceptors (Lipinski definition) is 3. The number of benzene rings is 1. The van der Waals surface area contributed by atoms with Gasteiger partial charge in [-0.05, 0) is 31.3 Å². The fraction of sp³-hybridized carbons (Fsp3) is 0.462. The molecule has 0 bridgehead atoms. The van der Waals surface area contributed by atoms with E-state index in [0.29, 0.717) is 11.0 Å². The summed E-state index contributed by atoms with van der Waals surface area (Å²) in [6.07, 6.45) is 0. The van der Waals surface area contributed by atoms with Gasteiger partial charge in [-0.25, -0.2) is 4.98 Å². The van der Waals surface area contributed by atoms with E-state index >= 15 is 0 Å². The average molecular weight is 267 g/mol. The molecule has 1 heterocycles. The van der Waals surface area contributed by atoms with Gasteiger partial charge in [0.2, 0.25) is 5.95 Å². The maximum atomic E-state index is 5.96. The molecule has 98 valence electrons. The van der Waals surface area contributed by atoms with Gasteiger partial charge in [0, 0.05) is 18.1 Å². The maximum Gasteiger partial charge on any atom is 0.201 e. The van der Waals surface area contributed by atoms with Crippen LogP contribution in [0.4, 0.5) is 5.95 Å². The minimum atomic E-state index is 0.555. The van der Waals surface area contributed by atoms with Gasteiger partial charge in [0.15, 0.2) is 0 Å². The Morgan fingerprint density at radius 2 is 2.06 bits per heavy atom. The third kappa shape index (κ3) is 2.60. The predicted octanol–water partition coefficient (Wildman–Crippen LogP) is 2.61. The molecule has 0 atom stereocenters. The van der Waals surface area contributed by atoms with Crippen molar-refractivity contribution in [3.05, 3.63) is 23.2 Å². The number of nitrogens with two attached hydrogens (primary N) is 1. The van der Waals surface area contributed by atoms with Crippen molar-refractivity contribution in [2.45, 2.75) is 20.4 Å². The number of aromatic nitrogens is 2. The first-order valence-corrected chi connectivity index (χ1v) is 6.67. The van der Waals surface area contributed by atoms with E-state index in [1.807, 2.05) is 22.8 Å². The zero-order chi connectivity index (χ0) is 13.1. The number of imidazole rings is 1. The fourth-order valence-corrected chi connectivity index (χ4v) is 2.30. The summed E-state index contributed by atoms with van der Waals surface area (Å²) in [5.41, 5.74) is 7.87. The van der Waals surface area contributed by atoms with E-state index in [2.05, 4.69) is 23.7 Å². The van der Waals surface area contributed by atoms with E-state index in [1.165, 1.54) is 0 Å². The van der Waals surface area contributed by atoms with Gasteiger partial charge >= 0.3 is 0 Å². The van der Waals surface area contributed by atoms with Gasteiger partial charge in [-0.1, -0.05) is 25.4 Å². The number of nitrogens with zero attached hydrogens (tertiary/aromatic N) is 3. The number of rotatable bonds is 5. The molecular weight excluding hydrogens is 248 g/mol. The van der Waals surface area contributed by atoms with E-state index in [0.717, 1.165) is 37.2 Å². The second kappa shape index (κ2) is 5.59. The SMILES string of the molecule is CCN(CC)CCn1c(N)nc2cc(Cl)ccc21. The van der Waals surface area contributed by atoms with Crippen molar-refractivity contribution in [3.63, 3.8) is 0 Å². The number of likely N-dealkylation sites (N-methyl/N-ethyl adjacent to an activating group) is 1. The van der Waals surface area contributed by atoms with Crippen LogP contribution in [0.3, 0.4) is 0 Å². The zero-order valence-corrected chi connectivity index (χ0v) is 11.6. The van der Waals surface area contributed by atoms with Crippen molar-refractivity contribution in [1.82, 2.24) is 14.5 Å². The normalized spacial score (nSPS) is 11.6. The highest BCUT2D eigenvalue weighted by molar-refractivity contribution is 6.31. The highest BCUT2D eigenvalue weighted by Gasteiger charge is 2.09. The molecule has 0 aliphatic heterocycles. The minimum absolute atomic E-state index is 0.555. The average Bonchev–Trinajstić information content (AvgIpc) is 2.66. The largest absolute Gasteiger partial charge is 0.369 e. The summed E-state index contributed by atoms with van der Waals surface area (Å²) in [4.78, 5) is 6.70. The molecule has 0 radical (unpaired) electrons. The highest BCUT2D eigenvalue weighted by Crippen LogP contribution is 2.21. The second-order valence-corrected chi connectivity index (χ2v) is 4.72. The summed E-state index contributed by atoms with van der Waals surface area (Å²) in [5, 5.41) is 0.691. The lowest BCUT2D eigenvalue weighted by Crippen LogP contribution is -2.27. The zero-order valence-electron chi connectivity index (χ0n) is 10.9. The Balaban J connectivity index is 2.24. The summed E-state index contributed by atoms with van der Waals surface area (Å²) >= 11 is 5.95. The molecule has 4 nitrogen and oxygen atoms in total. The molecule has 0 aliphatic carbocycles. The van der Waals surface area contributed by atoms with Crippen LogP contribution in [0.1, 0.15) is 13.8 Å². The smallest absolute Gasteiger partial charge is 0.201 e. The van der Waals surface area contributed by atoms with Crippen molar-refractivity contribution in [3.8, 4) is 0 Å². The first-order chi connectivity index (χ1) is 8.65. The third-order valence-corrected chi connectivity index (χ3v) is 3.51. The molecule has 0 saturated carbocycles. The molecule has 0 fully saturated rings. The molecule has 5 heteroatoms. The van der Waals surface area contributed by atoms with Crippen LogP contribution < -0.4 is 5.73 Å². The summed E-state index contributed by atoms with van der Waals surface area (Å²) in [6, 6.07) is 5.70. The number of anilines is 1. The molecule has 18 heavy (non-hydrogen) atoms.